The zero-order valence-electron chi connectivity index (χ0n) is 8.93. The number of ether oxygens (including phenoxy) is 1. The minimum atomic E-state index is -1.44. The van der Waals surface area contributed by atoms with Gasteiger partial charge in [-0.3, -0.25) is 4.79 Å². The molecule has 0 aromatic rings. The Morgan fingerprint density at radius 2 is 2.33 bits per heavy atom. The zero-order chi connectivity index (χ0) is 11.5. The van der Waals surface area contributed by atoms with Crippen LogP contribution in [0.1, 0.15) is 20.3 Å². The highest BCUT2D eigenvalue weighted by Crippen LogP contribution is 2.16. The first-order chi connectivity index (χ1) is 6.92. The number of carbonyl (C=O) groups excluding carboxylic acids is 1. The second-order valence-corrected chi connectivity index (χ2v) is 4.34. The van der Waals surface area contributed by atoms with Crippen molar-refractivity contribution >= 4 is 17.4 Å². The monoisotopic (exact) mass is 235 g/mol. The first kappa shape index (κ1) is 12.3. The molecule has 15 heavy (non-hydrogen) atoms. The van der Waals surface area contributed by atoms with Gasteiger partial charge in [0.05, 0.1) is 6.00 Å². The fourth-order valence-corrected chi connectivity index (χ4v) is 1.32. The molecule has 1 heterocycles. The highest BCUT2D eigenvalue weighted by Gasteiger charge is 2.23. The molecule has 5 heteroatoms. The van der Waals surface area contributed by atoms with Crippen molar-refractivity contribution in [3.05, 3.63) is 12.0 Å². The van der Waals surface area contributed by atoms with Gasteiger partial charge in [0.2, 0.25) is 5.78 Å². The molecule has 0 saturated carbocycles. The lowest BCUT2D eigenvalue weighted by Crippen LogP contribution is -2.29. The van der Waals surface area contributed by atoms with Crippen molar-refractivity contribution in [3.8, 4) is 0 Å². The van der Waals surface area contributed by atoms with Crippen LogP contribution in [0.15, 0.2) is 12.0 Å². The molecule has 0 radical (unpaired) electrons. The summed E-state index contributed by atoms with van der Waals surface area (Å²) in [6, 6.07) is 0.305. The van der Waals surface area contributed by atoms with E-state index in [0.29, 0.717) is 19.0 Å². The second-order valence-electron chi connectivity index (χ2n) is 4.11. The minimum absolute atomic E-state index is 0.0967. The third-order valence-corrected chi connectivity index (χ3v) is 2.23. The maximum absolute atomic E-state index is 13.1. The standard InChI is InChI=1S/C10H15ClFNO2/c1-10(2,12)6-15-9-5-13(7-11)4-3-8(9)14/h5H,3-4,6-7H2,1-2H3. The van der Waals surface area contributed by atoms with Gasteiger partial charge in [-0.1, -0.05) is 0 Å². The molecular formula is C10H15ClFNO2. The third-order valence-electron chi connectivity index (χ3n) is 1.93. The summed E-state index contributed by atoms with van der Waals surface area (Å²) in [4.78, 5) is 13.1. The Morgan fingerprint density at radius 1 is 1.67 bits per heavy atom. The number of ketones is 1. The van der Waals surface area contributed by atoms with Crippen LogP contribution in [0.2, 0.25) is 0 Å². The fourth-order valence-electron chi connectivity index (χ4n) is 1.13. The summed E-state index contributed by atoms with van der Waals surface area (Å²) < 4.78 is 18.3. The Balaban J connectivity index is 2.58. The van der Waals surface area contributed by atoms with E-state index in [0.717, 1.165) is 0 Å². The molecule has 1 aliphatic rings. The maximum atomic E-state index is 13.1. The van der Waals surface area contributed by atoms with Gasteiger partial charge in [-0.2, -0.15) is 0 Å². The van der Waals surface area contributed by atoms with Crippen molar-refractivity contribution in [1.29, 1.82) is 0 Å². The normalized spacial score (nSPS) is 17.7. The molecule has 0 amide bonds. The van der Waals surface area contributed by atoms with Gasteiger partial charge in [0, 0.05) is 19.2 Å². The first-order valence-electron chi connectivity index (χ1n) is 4.79. The lowest BCUT2D eigenvalue weighted by Gasteiger charge is -2.24. The van der Waals surface area contributed by atoms with Crippen LogP contribution in [-0.4, -0.2) is 35.5 Å². The number of nitrogens with zero attached hydrogens (tertiary/aromatic N) is 1. The van der Waals surface area contributed by atoms with Crippen LogP contribution in [0.4, 0.5) is 4.39 Å². The lowest BCUT2D eigenvalue weighted by molar-refractivity contribution is -0.120. The molecule has 0 saturated heterocycles. The van der Waals surface area contributed by atoms with E-state index in [-0.39, 0.29) is 18.1 Å². The molecule has 0 bridgehead atoms. The van der Waals surface area contributed by atoms with Gasteiger partial charge < -0.3 is 9.64 Å². The highest BCUT2D eigenvalue weighted by atomic mass is 35.5. The summed E-state index contributed by atoms with van der Waals surface area (Å²) in [5.74, 6) is 0.105. The van der Waals surface area contributed by atoms with Crippen molar-refractivity contribution in [2.75, 3.05) is 19.2 Å². The van der Waals surface area contributed by atoms with Crippen LogP contribution in [0.5, 0.6) is 0 Å². The van der Waals surface area contributed by atoms with Gasteiger partial charge in [-0.25, -0.2) is 4.39 Å². The first-order valence-corrected chi connectivity index (χ1v) is 5.32. The predicted molar refractivity (Wildman–Crippen MR) is 56.3 cm³/mol. The van der Waals surface area contributed by atoms with Crippen LogP contribution in [0, 0.1) is 0 Å². The van der Waals surface area contributed by atoms with Crippen LogP contribution in [0.25, 0.3) is 0 Å². The summed E-state index contributed by atoms with van der Waals surface area (Å²) in [5.41, 5.74) is -1.44. The summed E-state index contributed by atoms with van der Waals surface area (Å²) in [6.45, 7) is 3.27. The number of Topliss-reactive ketones (excluding diaryl/α,β-unsaturated/α-hetero) is 1. The third kappa shape index (κ3) is 4.08. The van der Waals surface area contributed by atoms with E-state index < -0.39 is 5.67 Å². The van der Waals surface area contributed by atoms with E-state index in [4.69, 9.17) is 16.3 Å². The second kappa shape index (κ2) is 4.84. The summed E-state index contributed by atoms with van der Waals surface area (Å²) >= 11 is 5.62. The van der Waals surface area contributed by atoms with E-state index in [1.54, 1.807) is 11.1 Å². The molecular weight excluding hydrogens is 221 g/mol. The van der Waals surface area contributed by atoms with E-state index in [1.807, 2.05) is 0 Å². The molecule has 3 nitrogen and oxygen atoms in total. The molecule has 0 aromatic heterocycles. The van der Waals surface area contributed by atoms with E-state index in [9.17, 15) is 9.18 Å². The number of hydrogen-bond acceptors (Lipinski definition) is 3. The number of allylic oxidation sites excluding steroid dienone is 1. The smallest absolute Gasteiger partial charge is 0.200 e. The topological polar surface area (TPSA) is 29.5 Å². The zero-order valence-corrected chi connectivity index (χ0v) is 9.68. The largest absolute Gasteiger partial charge is 0.485 e. The van der Waals surface area contributed by atoms with Gasteiger partial charge in [-0.05, 0) is 13.8 Å². The number of rotatable bonds is 4. The van der Waals surface area contributed by atoms with Crippen LogP contribution in [-0.2, 0) is 9.53 Å². The van der Waals surface area contributed by atoms with Crippen molar-refractivity contribution in [3.63, 3.8) is 0 Å². The van der Waals surface area contributed by atoms with Gasteiger partial charge in [-0.15, -0.1) is 11.6 Å². The minimum Gasteiger partial charge on any atom is -0.485 e. The summed E-state index contributed by atoms with van der Waals surface area (Å²) in [6.07, 6.45) is 1.91. The van der Waals surface area contributed by atoms with Gasteiger partial charge in [0.15, 0.2) is 5.76 Å². The Labute approximate surface area is 93.8 Å². The predicted octanol–water partition coefficient (Wildman–Crippen LogP) is 2.06. The fraction of sp³-hybridized carbons (Fsp3) is 0.700. The molecule has 0 atom stereocenters. The van der Waals surface area contributed by atoms with Crippen molar-refractivity contribution in [1.82, 2.24) is 4.90 Å². The van der Waals surface area contributed by atoms with Crippen molar-refractivity contribution in [2.45, 2.75) is 25.9 Å². The number of carbonyl (C=O) groups is 1. The van der Waals surface area contributed by atoms with Crippen LogP contribution in [0.3, 0.4) is 0 Å². The highest BCUT2D eigenvalue weighted by molar-refractivity contribution is 6.17. The Bertz CT molecular complexity index is 273. The summed E-state index contributed by atoms with van der Waals surface area (Å²) in [5, 5.41) is 0. The van der Waals surface area contributed by atoms with E-state index >= 15 is 0 Å². The molecule has 0 fully saturated rings. The molecule has 1 rings (SSSR count). The molecule has 0 aliphatic carbocycles. The van der Waals surface area contributed by atoms with Gasteiger partial charge >= 0.3 is 0 Å². The average Bonchev–Trinajstić information content (AvgIpc) is 2.15. The Hall–Kier alpha value is -0.770. The molecule has 0 aromatic carbocycles. The lowest BCUT2D eigenvalue weighted by atomic mass is 10.1. The molecule has 0 unspecified atom stereocenters. The number of alkyl halides is 2. The Morgan fingerprint density at radius 3 is 2.87 bits per heavy atom. The van der Waals surface area contributed by atoms with Gasteiger partial charge in [0.25, 0.3) is 0 Å². The number of hydrogen-bond donors (Lipinski definition) is 0. The molecule has 86 valence electrons. The SMILES string of the molecule is CC(C)(F)COC1=CN(CCl)CCC1=O. The van der Waals surface area contributed by atoms with E-state index in [1.165, 1.54) is 13.8 Å². The summed E-state index contributed by atoms with van der Waals surface area (Å²) in [7, 11) is 0. The van der Waals surface area contributed by atoms with Crippen LogP contribution < -0.4 is 0 Å². The molecule has 0 N–H and O–H groups in total. The quantitative estimate of drug-likeness (QED) is 0.552. The van der Waals surface area contributed by atoms with Crippen molar-refractivity contribution in [2.24, 2.45) is 0 Å². The number of halogens is 2. The van der Waals surface area contributed by atoms with E-state index in [2.05, 4.69) is 0 Å². The van der Waals surface area contributed by atoms with Gasteiger partial charge in [0.1, 0.15) is 12.3 Å². The maximum Gasteiger partial charge on any atom is 0.200 e. The molecule has 0 spiro atoms. The van der Waals surface area contributed by atoms with Crippen molar-refractivity contribution < 1.29 is 13.9 Å². The Kier molecular flexibility index (Phi) is 3.97. The van der Waals surface area contributed by atoms with Crippen LogP contribution >= 0.6 is 11.6 Å². The average molecular weight is 236 g/mol. The molecule has 1 aliphatic heterocycles.